The third-order valence-electron chi connectivity index (χ3n) is 3.81. The Kier molecular flexibility index (Phi) is 5.25. The van der Waals surface area contributed by atoms with Crippen LogP contribution in [0.25, 0.3) is 0 Å². The quantitative estimate of drug-likeness (QED) is 0.737. The fourth-order valence-corrected chi connectivity index (χ4v) is 2.34. The van der Waals surface area contributed by atoms with Crippen molar-refractivity contribution in [2.45, 2.75) is 13.5 Å². The van der Waals surface area contributed by atoms with Crippen molar-refractivity contribution in [3.8, 4) is 0 Å². The van der Waals surface area contributed by atoms with Gasteiger partial charge in [0.2, 0.25) is 0 Å². The van der Waals surface area contributed by atoms with E-state index in [9.17, 15) is 18.4 Å². The molecule has 1 heterocycles. The van der Waals surface area contributed by atoms with E-state index in [1.807, 2.05) is 6.92 Å². The largest absolute Gasteiger partial charge is 0.363 e. The second-order valence-electron chi connectivity index (χ2n) is 5.83. The molecule has 1 aromatic heterocycles. The second kappa shape index (κ2) is 7.77. The van der Waals surface area contributed by atoms with Crippen molar-refractivity contribution >= 4 is 17.5 Å². The highest BCUT2D eigenvalue weighted by atomic mass is 19.1. The molecule has 0 atom stereocenters. The van der Waals surface area contributed by atoms with Gasteiger partial charge in [-0.25, -0.2) is 22.9 Å². The van der Waals surface area contributed by atoms with Gasteiger partial charge in [0.1, 0.15) is 5.82 Å². The molecule has 0 aliphatic rings. The number of benzene rings is 2. The van der Waals surface area contributed by atoms with Gasteiger partial charge < -0.3 is 10.6 Å². The minimum absolute atomic E-state index is 0.0599. The first-order valence-electron chi connectivity index (χ1n) is 8.08. The molecule has 2 N–H and O–H groups in total. The maximum Gasteiger partial charge on any atom is 0.357 e. The lowest BCUT2D eigenvalue weighted by Crippen LogP contribution is -2.33. The van der Waals surface area contributed by atoms with E-state index in [0.29, 0.717) is 15.8 Å². The SMILES string of the molecule is Cc1ccc(NC(=O)n2cc(F)c(NCc3ccccc3F)nc2=O)cc1. The van der Waals surface area contributed by atoms with Crippen LogP contribution in [0.2, 0.25) is 0 Å². The number of hydrogen-bond donors (Lipinski definition) is 2. The fraction of sp³-hybridized carbons (Fsp3) is 0.105. The van der Waals surface area contributed by atoms with Gasteiger partial charge in [-0.2, -0.15) is 4.98 Å². The van der Waals surface area contributed by atoms with Gasteiger partial charge in [-0.15, -0.1) is 0 Å². The maximum absolute atomic E-state index is 14.2. The normalized spacial score (nSPS) is 10.5. The first kappa shape index (κ1) is 18.2. The number of carbonyl (C=O) groups excluding carboxylic acids is 1. The zero-order valence-corrected chi connectivity index (χ0v) is 14.4. The summed E-state index contributed by atoms with van der Waals surface area (Å²) >= 11 is 0. The van der Waals surface area contributed by atoms with E-state index in [4.69, 9.17) is 0 Å². The van der Waals surface area contributed by atoms with E-state index in [-0.39, 0.29) is 12.4 Å². The predicted octanol–water partition coefficient (Wildman–Crippen LogP) is 3.52. The van der Waals surface area contributed by atoms with Gasteiger partial charge >= 0.3 is 11.7 Å². The smallest absolute Gasteiger partial charge is 0.357 e. The molecular weight excluding hydrogens is 354 g/mol. The van der Waals surface area contributed by atoms with Crippen LogP contribution >= 0.6 is 0 Å². The van der Waals surface area contributed by atoms with Crippen LogP contribution in [0, 0.1) is 18.6 Å². The molecule has 0 spiro atoms. The number of amides is 1. The Morgan fingerprint density at radius 2 is 1.78 bits per heavy atom. The molecule has 0 radical (unpaired) electrons. The average Bonchev–Trinajstić information content (AvgIpc) is 2.65. The number of hydrogen-bond acceptors (Lipinski definition) is 4. The van der Waals surface area contributed by atoms with Crippen molar-refractivity contribution in [1.82, 2.24) is 9.55 Å². The summed E-state index contributed by atoms with van der Waals surface area (Å²) in [5, 5.41) is 5.05. The first-order valence-corrected chi connectivity index (χ1v) is 8.08. The van der Waals surface area contributed by atoms with Crippen molar-refractivity contribution < 1.29 is 13.6 Å². The van der Waals surface area contributed by atoms with Crippen LogP contribution in [-0.2, 0) is 6.54 Å². The van der Waals surface area contributed by atoms with Crippen molar-refractivity contribution in [3.05, 3.63) is 88.0 Å². The standard InChI is InChI=1S/C19H16F2N4O2/c1-12-6-8-14(9-7-12)23-18(26)25-11-16(21)17(24-19(25)27)22-10-13-4-2-3-5-15(13)20/h2-9,11H,10H2,1H3,(H,23,26)(H,22,24,27). The summed E-state index contributed by atoms with van der Waals surface area (Å²) in [6, 6.07) is 12.0. The highest BCUT2D eigenvalue weighted by molar-refractivity contribution is 5.90. The second-order valence-corrected chi connectivity index (χ2v) is 5.83. The van der Waals surface area contributed by atoms with E-state index in [1.165, 1.54) is 18.2 Å². The molecule has 2 aromatic carbocycles. The number of halogens is 2. The lowest BCUT2D eigenvalue weighted by atomic mass is 10.2. The molecule has 0 aliphatic heterocycles. The third kappa shape index (κ3) is 4.35. The Hall–Kier alpha value is -3.55. The van der Waals surface area contributed by atoms with Crippen LogP contribution in [0.15, 0.2) is 59.5 Å². The number of anilines is 2. The molecule has 0 unspecified atom stereocenters. The molecule has 3 rings (SSSR count). The van der Waals surface area contributed by atoms with Crippen LogP contribution in [0.1, 0.15) is 11.1 Å². The van der Waals surface area contributed by atoms with E-state index in [1.54, 1.807) is 30.3 Å². The van der Waals surface area contributed by atoms with E-state index < -0.39 is 23.4 Å². The Morgan fingerprint density at radius 1 is 1.07 bits per heavy atom. The maximum atomic E-state index is 14.2. The van der Waals surface area contributed by atoms with Gasteiger partial charge in [0.05, 0.1) is 6.20 Å². The van der Waals surface area contributed by atoms with E-state index in [2.05, 4.69) is 15.6 Å². The Balaban J connectivity index is 1.76. The molecule has 27 heavy (non-hydrogen) atoms. The van der Waals surface area contributed by atoms with Gasteiger partial charge in [0.15, 0.2) is 11.6 Å². The number of aromatic nitrogens is 2. The summed E-state index contributed by atoms with van der Waals surface area (Å²) in [5.41, 5.74) is 0.792. The minimum atomic E-state index is -0.961. The number of nitrogens with zero attached hydrogens (tertiary/aromatic N) is 2. The molecule has 0 saturated carbocycles. The van der Waals surface area contributed by atoms with E-state index in [0.717, 1.165) is 11.8 Å². The summed E-state index contributed by atoms with van der Waals surface area (Å²) in [4.78, 5) is 27.8. The van der Waals surface area contributed by atoms with Crippen LogP contribution in [0.5, 0.6) is 0 Å². The first-order chi connectivity index (χ1) is 12.9. The lowest BCUT2D eigenvalue weighted by molar-refractivity contribution is 0.252. The molecule has 0 aliphatic carbocycles. The van der Waals surface area contributed by atoms with Gasteiger partial charge in [0, 0.05) is 17.8 Å². The van der Waals surface area contributed by atoms with Gasteiger partial charge in [-0.1, -0.05) is 35.9 Å². The predicted molar refractivity (Wildman–Crippen MR) is 97.8 cm³/mol. The Bertz CT molecular complexity index is 1030. The summed E-state index contributed by atoms with van der Waals surface area (Å²) in [7, 11) is 0. The van der Waals surface area contributed by atoms with Gasteiger partial charge in [-0.3, -0.25) is 0 Å². The van der Waals surface area contributed by atoms with Gasteiger partial charge in [-0.05, 0) is 25.1 Å². The van der Waals surface area contributed by atoms with Crippen LogP contribution in [-0.4, -0.2) is 15.6 Å². The minimum Gasteiger partial charge on any atom is -0.363 e. The molecule has 0 fully saturated rings. The number of nitrogens with one attached hydrogen (secondary N) is 2. The molecule has 138 valence electrons. The number of aryl methyl sites for hydroxylation is 1. The highest BCUT2D eigenvalue weighted by Gasteiger charge is 2.14. The molecule has 8 heteroatoms. The van der Waals surface area contributed by atoms with Crippen molar-refractivity contribution in [2.24, 2.45) is 0 Å². The van der Waals surface area contributed by atoms with Gasteiger partial charge in [0.25, 0.3) is 0 Å². The molecule has 3 aromatic rings. The molecule has 0 saturated heterocycles. The summed E-state index contributed by atoms with van der Waals surface area (Å²) in [6.45, 7) is 1.83. The zero-order chi connectivity index (χ0) is 19.4. The average molecular weight is 370 g/mol. The zero-order valence-electron chi connectivity index (χ0n) is 14.4. The number of rotatable bonds is 4. The van der Waals surface area contributed by atoms with Crippen molar-refractivity contribution in [2.75, 3.05) is 10.6 Å². The molecule has 6 nitrogen and oxygen atoms in total. The van der Waals surface area contributed by atoms with Crippen molar-refractivity contribution in [3.63, 3.8) is 0 Å². The van der Waals surface area contributed by atoms with Crippen molar-refractivity contribution in [1.29, 1.82) is 0 Å². The van der Waals surface area contributed by atoms with E-state index >= 15 is 0 Å². The highest BCUT2D eigenvalue weighted by Crippen LogP contribution is 2.13. The van der Waals surface area contributed by atoms with Crippen LogP contribution in [0.3, 0.4) is 0 Å². The van der Waals surface area contributed by atoms with Crippen LogP contribution < -0.4 is 16.3 Å². The molecule has 0 bridgehead atoms. The molecule has 1 amide bonds. The Morgan fingerprint density at radius 3 is 2.48 bits per heavy atom. The monoisotopic (exact) mass is 370 g/mol. The number of carbonyl (C=O) groups is 1. The lowest BCUT2D eigenvalue weighted by Gasteiger charge is -2.10. The Labute approximate surface area is 153 Å². The molecular formula is C19H16F2N4O2. The summed E-state index contributed by atoms with van der Waals surface area (Å²) in [6.07, 6.45) is 0.739. The summed E-state index contributed by atoms with van der Waals surface area (Å²) in [5.74, 6) is -1.73. The topological polar surface area (TPSA) is 76.0 Å². The fourth-order valence-electron chi connectivity index (χ4n) is 2.34. The van der Waals surface area contributed by atoms with Crippen LogP contribution in [0.4, 0.5) is 25.1 Å². The third-order valence-corrected chi connectivity index (χ3v) is 3.81. The summed E-state index contributed by atoms with van der Waals surface area (Å²) < 4.78 is 28.4.